The molecule has 1 aliphatic carbocycles. The average Bonchev–Trinajstić information content (AvgIpc) is 2.98. The van der Waals surface area contributed by atoms with Crippen molar-refractivity contribution < 1.29 is 19.0 Å². The van der Waals surface area contributed by atoms with E-state index in [1.54, 1.807) is 27.4 Å². The van der Waals surface area contributed by atoms with Crippen molar-refractivity contribution in [1.82, 2.24) is 0 Å². The monoisotopic (exact) mass is 374 g/mol. The van der Waals surface area contributed by atoms with Crippen molar-refractivity contribution in [3.05, 3.63) is 16.1 Å². The SMILES string of the molecule is COc1cc(Br)c(OC)c(C(=O)PC2CCCC2)c1OC. The molecule has 0 N–H and O–H groups in total. The van der Waals surface area contributed by atoms with Gasteiger partial charge in [-0.25, -0.2) is 0 Å². The number of benzene rings is 1. The minimum atomic E-state index is 0.0789. The van der Waals surface area contributed by atoms with Gasteiger partial charge in [-0.15, -0.1) is 0 Å². The first kappa shape index (κ1) is 16.6. The lowest BCUT2D eigenvalue weighted by Crippen LogP contribution is -2.06. The van der Waals surface area contributed by atoms with E-state index in [1.165, 1.54) is 12.8 Å². The van der Waals surface area contributed by atoms with Crippen molar-refractivity contribution >= 4 is 30.0 Å². The molecule has 6 heteroatoms. The molecule has 1 atom stereocenters. The van der Waals surface area contributed by atoms with E-state index in [0.717, 1.165) is 12.8 Å². The molecule has 2 rings (SSSR count). The second-order valence-corrected chi connectivity index (χ2v) is 7.37. The van der Waals surface area contributed by atoms with Gasteiger partial charge in [0.1, 0.15) is 11.3 Å². The van der Waals surface area contributed by atoms with Gasteiger partial charge in [0, 0.05) is 6.07 Å². The van der Waals surface area contributed by atoms with Crippen molar-refractivity contribution in [1.29, 1.82) is 0 Å². The van der Waals surface area contributed by atoms with Crippen molar-refractivity contribution in [2.75, 3.05) is 21.3 Å². The molecule has 4 nitrogen and oxygen atoms in total. The third kappa shape index (κ3) is 3.51. The lowest BCUT2D eigenvalue weighted by Gasteiger charge is -2.18. The first-order chi connectivity index (χ1) is 10.1. The number of hydrogen-bond donors (Lipinski definition) is 0. The van der Waals surface area contributed by atoms with E-state index in [4.69, 9.17) is 14.2 Å². The Morgan fingerprint density at radius 3 is 2.29 bits per heavy atom. The number of rotatable bonds is 6. The van der Waals surface area contributed by atoms with E-state index < -0.39 is 0 Å². The van der Waals surface area contributed by atoms with Gasteiger partial charge in [-0.3, -0.25) is 4.79 Å². The first-order valence-corrected chi connectivity index (χ1v) is 8.78. The van der Waals surface area contributed by atoms with Crippen LogP contribution in [0.1, 0.15) is 36.0 Å². The molecule has 1 unspecified atom stereocenters. The predicted octanol–water partition coefficient (Wildman–Crippen LogP) is 4.24. The van der Waals surface area contributed by atoms with Crippen LogP contribution in [0.3, 0.4) is 0 Å². The molecule has 21 heavy (non-hydrogen) atoms. The molecule has 1 aliphatic rings. The van der Waals surface area contributed by atoms with Crippen molar-refractivity contribution in [2.45, 2.75) is 31.3 Å². The second kappa shape index (κ2) is 7.46. The molecule has 1 saturated carbocycles. The van der Waals surface area contributed by atoms with Crippen LogP contribution in [-0.4, -0.2) is 32.5 Å². The molecule has 116 valence electrons. The summed E-state index contributed by atoms with van der Waals surface area (Å²) in [5.74, 6) is 1.50. The molecule has 0 aliphatic heterocycles. The van der Waals surface area contributed by atoms with Crippen LogP contribution in [0, 0.1) is 0 Å². The van der Waals surface area contributed by atoms with Crippen molar-refractivity contribution in [3.8, 4) is 17.2 Å². The number of ether oxygens (including phenoxy) is 3. The van der Waals surface area contributed by atoms with E-state index in [9.17, 15) is 4.79 Å². The van der Waals surface area contributed by atoms with Crippen LogP contribution in [0.2, 0.25) is 0 Å². The fraction of sp³-hybridized carbons (Fsp3) is 0.533. The third-order valence-corrected chi connectivity index (χ3v) is 5.79. The molecule has 0 spiro atoms. The Labute approximate surface area is 135 Å². The highest BCUT2D eigenvalue weighted by Crippen LogP contribution is 2.47. The van der Waals surface area contributed by atoms with Gasteiger partial charge in [0.05, 0.1) is 25.8 Å². The van der Waals surface area contributed by atoms with Crippen LogP contribution < -0.4 is 14.2 Å². The summed E-state index contributed by atoms with van der Waals surface area (Å²) in [6.45, 7) is 0. The molecule has 0 saturated heterocycles. The zero-order valence-electron chi connectivity index (χ0n) is 12.5. The summed E-state index contributed by atoms with van der Waals surface area (Å²) in [6, 6.07) is 1.76. The lowest BCUT2D eigenvalue weighted by molar-refractivity contribution is 0.107. The van der Waals surface area contributed by atoms with Gasteiger partial charge < -0.3 is 14.2 Å². The lowest BCUT2D eigenvalue weighted by atomic mass is 10.1. The normalized spacial score (nSPS) is 15.6. The van der Waals surface area contributed by atoms with Crippen LogP contribution in [-0.2, 0) is 0 Å². The van der Waals surface area contributed by atoms with E-state index in [-0.39, 0.29) is 14.1 Å². The summed E-state index contributed by atoms with van der Waals surface area (Å²) in [6.07, 6.45) is 4.72. The number of methoxy groups -OCH3 is 3. The standard InChI is InChI=1S/C15H20BrO4P/c1-18-11-8-10(16)13(19-2)12(14(11)20-3)15(17)21-9-6-4-5-7-9/h8-9,21H,4-7H2,1-3H3. The van der Waals surface area contributed by atoms with Gasteiger partial charge in [-0.05, 0) is 43.0 Å². The number of hydrogen-bond acceptors (Lipinski definition) is 4. The van der Waals surface area contributed by atoms with E-state index >= 15 is 0 Å². The highest BCUT2D eigenvalue weighted by Gasteiger charge is 2.28. The second-order valence-electron chi connectivity index (χ2n) is 4.96. The summed E-state index contributed by atoms with van der Waals surface area (Å²) in [7, 11) is 4.91. The molecular formula is C15H20BrO4P. The maximum Gasteiger partial charge on any atom is 0.189 e. The Bertz CT molecular complexity index is 527. The van der Waals surface area contributed by atoms with Crippen LogP contribution in [0.25, 0.3) is 0 Å². The van der Waals surface area contributed by atoms with Gasteiger partial charge in [0.15, 0.2) is 17.0 Å². The van der Waals surface area contributed by atoms with Gasteiger partial charge in [0.2, 0.25) is 0 Å². The number of halogens is 1. The molecule has 0 heterocycles. The fourth-order valence-corrected chi connectivity index (χ4v) is 4.69. The Balaban J connectivity index is 2.42. The van der Waals surface area contributed by atoms with E-state index in [0.29, 0.717) is 32.9 Å². The Morgan fingerprint density at radius 1 is 1.14 bits per heavy atom. The van der Waals surface area contributed by atoms with Crippen LogP contribution in [0.15, 0.2) is 10.5 Å². The van der Waals surface area contributed by atoms with Crippen LogP contribution in [0.5, 0.6) is 17.2 Å². The molecule has 0 radical (unpaired) electrons. The highest BCUT2D eigenvalue weighted by molar-refractivity contribution is 9.10. The number of carbonyl (C=O) groups is 1. The minimum absolute atomic E-state index is 0.0789. The van der Waals surface area contributed by atoms with E-state index in [1.807, 2.05) is 0 Å². The predicted molar refractivity (Wildman–Crippen MR) is 88.7 cm³/mol. The van der Waals surface area contributed by atoms with Crippen LogP contribution in [0.4, 0.5) is 0 Å². The summed E-state index contributed by atoms with van der Waals surface area (Å²) in [5.41, 5.74) is 1.06. The smallest absolute Gasteiger partial charge is 0.189 e. The topological polar surface area (TPSA) is 44.8 Å². The Morgan fingerprint density at radius 2 is 1.76 bits per heavy atom. The molecule has 0 amide bonds. The molecule has 1 fully saturated rings. The first-order valence-electron chi connectivity index (χ1n) is 6.91. The third-order valence-electron chi connectivity index (χ3n) is 3.70. The largest absolute Gasteiger partial charge is 0.495 e. The molecular weight excluding hydrogens is 355 g/mol. The zero-order valence-corrected chi connectivity index (χ0v) is 15.1. The number of carbonyl (C=O) groups excluding carboxylic acids is 1. The van der Waals surface area contributed by atoms with Gasteiger partial charge in [-0.2, -0.15) is 0 Å². The molecule has 0 aromatic heterocycles. The fourth-order valence-electron chi connectivity index (χ4n) is 2.68. The van der Waals surface area contributed by atoms with Gasteiger partial charge in [-0.1, -0.05) is 12.8 Å². The summed E-state index contributed by atoms with van der Waals surface area (Å²) >= 11 is 3.43. The Kier molecular flexibility index (Phi) is 5.88. The maximum atomic E-state index is 12.8. The quantitative estimate of drug-likeness (QED) is 0.698. The molecule has 0 bridgehead atoms. The highest BCUT2D eigenvalue weighted by atomic mass is 79.9. The minimum Gasteiger partial charge on any atom is -0.495 e. The summed E-state index contributed by atoms with van der Waals surface area (Å²) < 4.78 is 16.8. The average molecular weight is 375 g/mol. The van der Waals surface area contributed by atoms with Crippen molar-refractivity contribution in [3.63, 3.8) is 0 Å². The summed E-state index contributed by atoms with van der Waals surface area (Å²) in [4.78, 5) is 12.8. The van der Waals surface area contributed by atoms with Crippen LogP contribution >= 0.6 is 24.5 Å². The molecule has 1 aromatic carbocycles. The summed E-state index contributed by atoms with van der Waals surface area (Å²) in [5, 5.41) is 0. The van der Waals surface area contributed by atoms with E-state index in [2.05, 4.69) is 15.9 Å². The van der Waals surface area contributed by atoms with Gasteiger partial charge >= 0.3 is 0 Å². The molecule has 1 aromatic rings. The maximum absolute atomic E-state index is 12.8. The zero-order chi connectivity index (χ0) is 15.4. The Hall–Kier alpha value is -0.800. The van der Waals surface area contributed by atoms with Gasteiger partial charge in [0.25, 0.3) is 0 Å². The van der Waals surface area contributed by atoms with Crippen molar-refractivity contribution in [2.24, 2.45) is 0 Å².